The lowest BCUT2D eigenvalue weighted by Crippen LogP contribution is -3.14. The number of para-hydroxylation sites is 1. The van der Waals surface area contributed by atoms with Gasteiger partial charge in [0.2, 0.25) is 5.72 Å². The van der Waals surface area contributed by atoms with Crippen LogP contribution in [0.15, 0.2) is 47.6 Å². The summed E-state index contributed by atoms with van der Waals surface area (Å²) in [4.78, 5) is 1.66. The molecule has 6 heteroatoms. The van der Waals surface area contributed by atoms with Crippen molar-refractivity contribution in [2.75, 3.05) is 26.7 Å². The van der Waals surface area contributed by atoms with Gasteiger partial charge < -0.3 is 14.4 Å². The molecule has 0 bridgehead atoms. The quantitative estimate of drug-likeness (QED) is 0.810. The van der Waals surface area contributed by atoms with Crippen LogP contribution in [0.25, 0.3) is 0 Å². The molecular weight excluding hydrogens is 398 g/mol. The van der Waals surface area contributed by atoms with E-state index >= 15 is 0 Å². The Morgan fingerprint density at radius 3 is 2.73 bits per heavy atom. The standard InChI is InChI=1S/C24H28ClN3O2/c1-3-13-27-14-11-24(12-15-27)28-21(18-8-6-10-22(29-2)23(18)30-24)16-20(26-28)17-7-4-5-9-19(17)25/h4-10,21H,3,11-16H2,1-2H3/p+1/t21-/m1/s1. The molecule has 0 aliphatic carbocycles. The number of nitrogens with zero attached hydrogens (tertiary/aromatic N) is 2. The maximum absolute atomic E-state index is 6.78. The molecule has 0 aromatic heterocycles. The van der Waals surface area contributed by atoms with E-state index in [1.807, 2.05) is 30.3 Å². The number of piperidine rings is 1. The number of hydrogen-bond acceptors (Lipinski definition) is 4. The van der Waals surface area contributed by atoms with Crippen LogP contribution in [0.2, 0.25) is 5.02 Å². The Bertz CT molecular complexity index is 969. The largest absolute Gasteiger partial charge is 0.493 e. The van der Waals surface area contributed by atoms with E-state index < -0.39 is 5.72 Å². The molecule has 1 atom stereocenters. The molecule has 0 amide bonds. The number of rotatable bonds is 4. The number of methoxy groups -OCH3 is 1. The fourth-order valence-corrected chi connectivity index (χ4v) is 5.46. The van der Waals surface area contributed by atoms with E-state index in [4.69, 9.17) is 26.2 Å². The van der Waals surface area contributed by atoms with Crippen LogP contribution in [-0.2, 0) is 0 Å². The minimum absolute atomic E-state index is 0.142. The van der Waals surface area contributed by atoms with Gasteiger partial charge in [-0.3, -0.25) is 0 Å². The minimum Gasteiger partial charge on any atom is -0.493 e. The Kier molecular flexibility index (Phi) is 5.11. The zero-order valence-corrected chi connectivity index (χ0v) is 18.4. The minimum atomic E-state index is -0.424. The SMILES string of the molecule is CCC[NH+]1CCC2(CC1)Oc1c(OC)cccc1[C@H]1CC(c3ccccc3Cl)=NN12. The van der Waals surface area contributed by atoms with Gasteiger partial charge in [0.25, 0.3) is 0 Å². The van der Waals surface area contributed by atoms with Gasteiger partial charge >= 0.3 is 0 Å². The lowest BCUT2D eigenvalue weighted by Gasteiger charge is -2.50. The van der Waals surface area contributed by atoms with Gasteiger partial charge in [0.05, 0.1) is 51.3 Å². The number of hydrazone groups is 1. The molecule has 2 aromatic rings. The second-order valence-electron chi connectivity index (χ2n) is 8.52. The van der Waals surface area contributed by atoms with Crippen molar-refractivity contribution in [3.63, 3.8) is 0 Å². The molecule has 1 spiro atoms. The summed E-state index contributed by atoms with van der Waals surface area (Å²) in [5.74, 6) is 1.69. The van der Waals surface area contributed by atoms with E-state index in [9.17, 15) is 0 Å². The first-order valence-corrected chi connectivity index (χ1v) is 11.3. The molecule has 3 aliphatic heterocycles. The second kappa shape index (κ2) is 7.78. The molecule has 0 radical (unpaired) electrons. The number of fused-ring (bicyclic) bond motifs is 4. The maximum Gasteiger partial charge on any atom is 0.209 e. The Hall–Kier alpha value is -2.24. The van der Waals surface area contributed by atoms with Crippen molar-refractivity contribution in [1.82, 2.24) is 5.01 Å². The van der Waals surface area contributed by atoms with E-state index in [1.54, 1.807) is 12.0 Å². The van der Waals surface area contributed by atoms with Gasteiger partial charge in [-0.1, -0.05) is 48.9 Å². The van der Waals surface area contributed by atoms with Gasteiger partial charge in [0, 0.05) is 22.6 Å². The highest BCUT2D eigenvalue weighted by Gasteiger charge is 2.53. The van der Waals surface area contributed by atoms with Crippen molar-refractivity contribution in [3.8, 4) is 11.5 Å². The van der Waals surface area contributed by atoms with Crippen LogP contribution in [0, 0.1) is 0 Å². The average molecular weight is 427 g/mol. The third kappa shape index (κ3) is 3.15. The van der Waals surface area contributed by atoms with Crippen molar-refractivity contribution in [1.29, 1.82) is 0 Å². The molecule has 5 nitrogen and oxygen atoms in total. The maximum atomic E-state index is 6.78. The molecule has 1 N–H and O–H groups in total. The first-order valence-electron chi connectivity index (χ1n) is 11.0. The third-order valence-electron chi connectivity index (χ3n) is 6.73. The van der Waals surface area contributed by atoms with Gasteiger partial charge in [-0.25, -0.2) is 5.01 Å². The summed E-state index contributed by atoms with van der Waals surface area (Å²) < 4.78 is 12.5. The molecule has 3 heterocycles. The molecular formula is C24H29ClN3O2+. The first kappa shape index (κ1) is 19.7. The number of nitrogens with one attached hydrogen (secondary N) is 1. The Morgan fingerprint density at radius 1 is 1.20 bits per heavy atom. The Labute approximate surface area is 183 Å². The normalized spacial score (nSPS) is 27.3. The fourth-order valence-electron chi connectivity index (χ4n) is 5.22. The molecule has 0 unspecified atom stereocenters. The van der Waals surface area contributed by atoms with Gasteiger partial charge in [-0.2, -0.15) is 5.10 Å². The molecule has 0 saturated carbocycles. The molecule has 2 aromatic carbocycles. The van der Waals surface area contributed by atoms with Gasteiger partial charge in [0.1, 0.15) is 0 Å². The number of benzene rings is 2. The van der Waals surface area contributed by atoms with Crippen LogP contribution in [0.4, 0.5) is 0 Å². The summed E-state index contributed by atoms with van der Waals surface area (Å²) in [5, 5.41) is 8.13. The summed E-state index contributed by atoms with van der Waals surface area (Å²) in [6.45, 7) is 5.66. The molecule has 30 heavy (non-hydrogen) atoms. The zero-order valence-electron chi connectivity index (χ0n) is 17.7. The lowest BCUT2D eigenvalue weighted by atomic mass is 9.90. The van der Waals surface area contributed by atoms with Gasteiger partial charge in [-0.05, 0) is 18.6 Å². The number of halogens is 1. The van der Waals surface area contributed by atoms with Crippen LogP contribution in [-0.4, -0.2) is 43.2 Å². The Balaban J connectivity index is 1.56. The second-order valence-corrected chi connectivity index (χ2v) is 8.93. The Morgan fingerprint density at radius 2 is 2.00 bits per heavy atom. The number of quaternary nitrogens is 1. The highest BCUT2D eigenvalue weighted by Crippen LogP contribution is 2.52. The fraction of sp³-hybridized carbons (Fsp3) is 0.458. The molecule has 3 aliphatic rings. The highest BCUT2D eigenvalue weighted by molar-refractivity contribution is 6.34. The van der Waals surface area contributed by atoms with E-state index in [1.165, 1.54) is 13.0 Å². The predicted molar refractivity (Wildman–Crippen MR) is 119 cm³/mol. The summed E-state index contributed by atoms with van der Waals surface area (Å²) in [7, 11) is 1.71. The topological polar surface area (TPSA) is 38.5 Å². The van der Waals surface area contributed by atoms with Crippen LogP contribution in [0.1, 0.15) is 49.8 Å². The summed E-state index contributed by atoms with van der Waals surface area (Å²) in [6.07, 6.45) is 3.94. The van der Waals surface area contributed by atoms with Crippen LogP contribution >= 0.6 is 11.6 Å². The van der Waals surface area contributed by atoms with E-state index in [0.717, 1.165) is 65.7 Å². The molecule has 158 valence electrons. The predicted octanol–water partition coefficient (Wildman–Crippen LogP) is 3.68. The first-order chi connectivity index (χ1) is 14.6. The van der Waals surface area contributed by atoms with Gasteiger partial charge in [0.15, 0.2) is 11.5 Å². The average Bonchev–Trinajstić information content (AvgIpc) is 3.22. The molecule has 5 rings (SSSR count). The smallest absolute Gasteiger partial charge is 0.209 e. The van der Waals surface area contributed by atoms with Gasteiger partial charge in [-0.15, -0.1) is 0 Å². The van der Waals surface area contributed by atoms with Crippen molar-refractivity contribution in [2.45, 2.75) is 44.4 Å². The summed E-state index contributed by atoms with van der Waals surface area (Å²) >= 11 is 6.53. The van der Waals surface area contributed by atoms with Crippen LogP contribution in [0.5, 0.6) is 11.5 Å². The van der Waals surface area contributed by atoms with E-state index in [0.29, 0.717) is 0 Å². The molecule has 1 fully saturated rings. The monoisotopic (exact) mass is 426 g/mol. The summed E-state index contributed by atoms with van der Waals surface area (Å²) in [5.41, 5.74) is 2.77. The number of hydrogen-bond donors (Lipinski definition) is 1. The van der Waals surface area contributed by atoms with Crippen LogP contribution in [0.3, 0.4) is 0 Å². The molecule has 1 saturated heterocycles. The van der Waals surface area contributed by atoms with Crippen molar-refractivity contribution in [2.24, 2.45) is 5.10 Å². The third-order valence-corrected chi connectivity index (χ3v) is 7.06. The highest BCUT2D eigenvalue weighted by atomic mass is 35.5. The van der Waals surface area contributed by atoms with Crippen molar-refractivity contribution < 1.29 is 14.4 Å². The summed E-state index contributed by atoms with van der Waals surface area (Å²) in [6, 6.07) is 14.3. The number of likely N-dealkylation sites (tertiary alicyclic amines) is 1. The van der Waals surface area contributed by atoms with Crippen molar-refractivity contribution >= 4 is 17.3 Å². The van der Waals surface area contributed by atoms with E-state index in [2.05, 4.69) is 24.1 Å². The van der Waals surface area contributed by atoms with E-state index in [-0.39, 0.29) is 6.04 Å². The lowest BCUT2D eigenvalue weighted by molar-refractivity contribution is -0.908. The van der Waals surface area contributed by atoms with Crippen molar-refractivity contribution in [3.05, 3.63) is 58.6 Å². The van der Waals surface area contributed by atoms with Crippen LogP contribution < -0.4 is 14.4 Å². The zero-order chi connectivity index (χ0) is 20.7. The number of ether oxygens (including phenoxy) is 2.